The summed E-state index contributed by atoms with van der Waals surface area (Å²) in [4.78, 5) is 0. The van der Waals surface area contributed by atoms with Crippen LogP contribution in [0.25, 0.3) is 0 Å². The number of ether oxygens (including phenoxy) is 1. The highest BCUT2D eigenvalue weighted by atomic mass is 19.3. The first-order chi connectivity index (χ1) is 9.90. The molecule has 2 atom stereocenters. The highest BCUT2D eigenvalue weighted by molar-refractivity contribution is 5.35. The molecule has 1 aromatic rings. The second-order valence-electron chi connectivity index (χ2n) is 6.03. The number of hydrogen-bond donors (Lipinski definition) is 1. The van der Waals surface area contributed by atoms with Crippen molar-refractivity contribution in [2.75, 3.05) is 0 Å². The number of benzene rings is 1. The van der Waals surface area contributed by atoms with Crippen LogP contribution in [0.3, 0.4) is 0 Å². The Morgan fingerprint density at radius 2 is 1.71 bits per heavy atom. The van der Waals surface area contributed by atoms with Gasteiger partial charge in [0.1, 0.15) is 5.75 Å². The van der Waals surface area contributed by atoms with Gasteiger partial charge in [0.25, 0.3) is 0 Å². The van der Waals surface area contributed by atoms with Crippen LogP contribution in [-0.2, 0) is 0 Å². The van der Waals surface area contributed by atoms with Gasteiger partial charge in [0.2, 0.25) is 0 Å². The van der Waals surface area contributed by atoms with Crippen LogP contribution in [0, 0.1) is 5.92 Å². The first kappa shape index (κ1) is 17.9. The van der Waals surface area contributed by atoms with Gasteiger partial charge < -0.3 is 10.1 Å². The van der Waals surface area contributed by atoms with E-state index in [0.717, 1.165) is 17.9 Å². The van der Waals surface area contributed by atoms with E-state index in [0.29, 0.717) is 6.04 Å². The van der Waals surface area contributed by atoms with E-state index >= 15 is 0 Å². The number of nitrogens with one attached hydrogen (secondary N) is 1. The molecule has 0 saturated carbocycles. The molecule has 1 N–H and O–H groups in total. The third-order valence-electron chi connectivity index (χ3n) is 3.55. The van der Waals surface area contributed by atoms with Gasteiger partial charge in [0, 0.05) is 17.6 Å². The maximum absolute atomic E-state index is 12.4. The number of alkyl halides is 2. The molecule has 2 nitrogen and oxygen atoms in total. The van der Waals surface area contributed by atoms with Gasteiger partial charge in [-0.1, -0.05) is 44.9 Å². The smallest absolute Gasteiger partial charge is 0.387 e. The van der Waals surface area contributed by atoms with Crippen LogP contribution in [0.5, 0.6) is 5.75 Å². The van der Waals surface area contributed by atoms with E-state index in [1.165, 1.54) is 12.8 Å². The average Bonchev–Trinajstić information content (AvgIpc) is 2.37. The molecule has 0 bridgehead atoms. The highest BCUT2D eigenvalue weighted by Crippen LogP contribution is 2.26. The summed E-state index contributed by atoms with van der Waals surface area (Å²) in [6, 6.07) is 7.29. The third-order valence-corrected chi connectivity index (χ3v) is 3.55. The molecule has 0 aromatic heterocycles. The third kappa shape index (κ3) is 6.89. The standard InChI is InChI=1S/C17H27F2NO/c1-12(2)8-7-9-13(3)20-14(4)15-10-5-6-11-16(15)21-17(18)19/h5-6,10-14,17,20H,7-9H2,1-4H3. The molecule has 0 radical (unpaired) electrons. The van der Waals surface area contributed by atoms with Gasteiger partial charge in [-0.25, -0.2) is 0 Å². The quantitative estimate of drug-likeness (QED) is 0.680. The molecule has 0 amide bonds. The topological polar surface area (TPSA) is 21.3 Å². The molecular weight excluding hydrogens is 272 g/mol. The first-order valence-electron chi connectivity index (χ1n) is 7.70. The first-order valence-corrected chi connectivity index (χ1v) is 7.70. The van der Waals surface area contributed by atoms with Crippen molar-refractivity contribution in [2.45, 2.75) is 65.7 Å². The molecule has 0 heterocycles. The van der Waals surface area contributed by atoms with Gasteiger partial charge >= 0.3 is 6.61 Å². The molecule has 120 valence electrons. The number of hydrogen-bond acceptors (Lipinski definition) is 2. The SMILES string of the molecule is CC(C)CCCC(C)NC(C)c1ccccc1OC(F)F. The minimum absolute atomic E-state index is 0.0194. The molecule has 0 saturated heterocycles. The maximum Gasteiger partial charge on any atom is 0.387 e. The summed E-state index contributed by atoms with van der Waals surface area (Å²) >= 11 is 0. The highest BCUT2D eigenvalue weighted by Gasteiger charge is 2.16. The van der Waals surface area contributed by atoms with Crippen molar-refractivity contribution in [3.05, 3.63) is 29.8 Å². The normalized spacial score (nSPS) is 14.5. The maximum atomic E-state index is 12.4. The monoisotopic (exact) mass is 299 g/mol. The van der Waals surface area contributed by atoms with E-state index in [9.17, 15) is 8.78 Å². The Hall–Kier alpha value is -1.16. The summed E-state index contributed by atoms with van der Waals surface area (Å²) in [5.74, 6) is 0.969. The Bertz CT molecular complexity index is 410. The van der Waals surface area contributed by atoms with Crippen molar-refractivity contribution in [2.24, 2.45) is 5.92 Å². The zero-order valence-electron chi connectivity index (χ0n) is 13.4. The number of para-hydroxylation sites is 1. The number of halogens is 2. The molecule has 0 spiro atoms. The molecule has 21 heavy (non-hydrogen) atoms. The second kappa shape index (κ2) is 8.98. The van der Waals surface area contributed by atoms with E-state index < -0.39 is 6.61 Å². The molecular formula is C17H27F2NO. The van der Waals surface area contributed by atoms with Crippen LogP contribution in [0.15, 0.2) is 24.3 Å². The van der Waals surface area contributed by atoms with E-state index in [1.54, 1.807) is 12.1 Å². The van der Waals surface area contributed by atoms with Crippen LogP contribution < -0.4 is 10.1 Å². The van der Waals surface area contributed by atoms with E-state index in [-0.39, 0.29) is 11.8 Å². The van der Waals surface area contributed by atoms with Crippen LogP contribution in [0.4, 0.5) is 8.78 Å². The van der Waals surface area contributed by atoms with Gasteiger partial charge in [-0.15, -0.1) is 0 Å². The predicted molar refractivity (Wildman–Crippen MR) is 82.8 cm³/mol. The van der Waals surface area contributed by atoms with E-state index in [1.807, 2.05) is 19.1 Å². The lowest BCUT2D eigenvalue weighted by Gasteiger charge is -2.22. The van der Waals surface area contributed by atoms with Gasteiger partial charge in [0.05, 0.1) is 0 Å². The Kier molecular flexibility index (Phi) is 7.65. The van der Waals surface area contributed by atoms with Gasteiger partial charge in [0.15, 0.2) is 0 Å². The molecule has 1 rings (SSSR count). The summed E-state index contributed by atoms with van der Waals surface area (Å²) in [7, 11) is 0. The fourth-order valence-electron chi connectivity index (χ4n) is 2.47. The molecule has 0 aliphatic carbocycles. The predicted octanol–water partition coefficient (Wildman–Crippen LogP) is 5.15. The summed E-state index contributed by atoms with van der Waals surface area (Å²) < 4.78 is 29.4. The molecule has 4 heteroatoms. The molecule has 0 aliphatic rings. The largest absolute Gasteiger partial charge is 0.434 e. The van der Waals surface area contributed by atoms with Crippen LogP contribution in [0.1, 0.15) is 58.6 Å². The fraction of sp³-hybridized carbons (Fsp3) is 0.647. The van der Waals surface area contributed by atoms with Crippen LogP contribution in [-0.4, -0.2) is 12.7 Å². The van der Waals surface area contributed by atoms with Crippen molar-refractivity contribution in [1.29, 1.82) is 0 Å². The Morgan fingerprint density at radius 1 is 1.05 bits per heavy atom. The summed E-state index contributed by atoms with van der Waals surface area (Å²) in [6.07, 6.45) is 3.47. The van der Waals surface area contributed by atoms with Crippen LogP contribution in [0.2, 0.25) is 0 Å². The fourth-order valence-corrected chi connectivity index (χ4v) is 2.47. The van der Waals surface area contributed by atoms with Crippen molar-refractivity contribution in [3.63, 3.8) is 0 Å². The molecule has 2 unspecified atom stereocenters. The van der Waals surface area contributed by atoms with Gasteiger partial charge in [-0.05, 0) is 32.3 Å². The minimum Gasteiger partial charge on any atom is -0.434 e. The summed E-state index contributed by atoms with van der Waals surface area (Å²) in [6.45, 7) is 5.76. The van der Waals surface area contributed by atoms with E-state index in [4.69, 9.17) is 0 Å². The molecule has 1 aromatic carbocycles. The van der Waals surface area contributed by atoms with E-state index in [2.05, 4.69) is 30.8 Å². The lowest BCUT2D eigenvalue weighted by atomic mass is 10.0. The zero-order chi connectivity index (χ0) is 15.8. The second-order valence-corrected chi connectivity index (χ2v) is 6.03. The molecule has 0 fully saturated rings. The minimum atomic E-state index is -2.79. The summed E-state index contributed by atoms with van der Waals surface area (Å²) in [5, 5.41) is 3.46. The van der Waals surface area contributed by atoms with Crippen molar-refractivity contribution < 1.29 is 13.5 Å². The average molecular weight is 299 g/mol. The molecule has 0 aliphatic heterocycles. The van der Waals surface area contributed by atoms with Crippen molar-refractivity contribution in [1.82, 2.24) is 5.32 Å². The summed E-state index contributed by atoms with van der Waals surface area (Å²) in [5.41, 5.74) is 0.772. The van der Waals surface area contributed by atoms with Crippen molar-refractivity contribution >= 4 is 0 Å². The Labute approximate surface area is 126 Å². The lowest BCUT2D eigenvalue weighted by Crippen LogP contribution is -2.29. The van der Waals surface area contributed by atoms with Gasteiger partial charge in [-0.3, -0.25) is 0 Å². The number of rotatable bonds is 9. The van der Waals surface area contributed by atoms with Crippen molar-refractivity contribution in [3.8, 4) is 5.75 Å². The lowest BCUT2D eigenvalue weighted by molar-refractivity contribution is -0.0506. The van der Waals surface area contributed by atoms with Gasteiger partial charge in [-0.2, -0.15) is 8.78 Å². The Balaban J connectivity index is 2.56. The Morgan fingerprint density at radius 3 is 2.33 bits per heavy atom. The van der Waals surface area contributed by atoms with Crippen LogP contribution >= 0.6 is 0 Å². The zero-order valence-corrected chi connectivity index (χ0v) is 13.4.